The standard InChI is InChI=1S/C11H16BrFN2O/c1-16-5-4-15-11(7-14)9-6-8(12)2-3-10(9)13/h2-3,6,11,15H,4-5,7,14H2,1H3. The molecule has 1 atom stereocenters. The molecule has 0 bridgehead atoms. The van der Waals surface area contributed by atoms with E-state index < -0.39 is 0 Å². The topological polar surface area (TPSA) is 47.3 Å². The fourth-order valence-corrected chi connectivity index (χ4v) is 1.82. The molecule has 0 amide bonds. The van der Waals surface area contributed by atoms with Gasteiger partial charge in [0.25, 0.3) is 0 Å². The number of nitrogens with two attached hydrogens (primary N) is 1. The van der Waals surface area contributed by atoms with Crippen molar-refractivity contribution < 1.29 is 9.13 Å². The molecule has 0 aromatic heterocycles. The SMILES string of the molecule is COCCNC(CN)c1cc(Br)ccc1F. The third kappa shape index (κ3) is 3.83. The van der Waals surface area contributed by atoms with E-state index >= 15 is 0 Å². The Balaban J connectivity index is 2.73. The van der Waals surface area contributed by atoms with Crippen LogP contribution in [0.3, 0.4) is 0 Å². The van der Waals surface area contributed by atoms with Crippen molar-refractivity contribution in [1.29, 1.82) is 0 Å². The van der Waals surface area contributed by atoms with Crippen LogP contribution in [0.2, 0.25) is 0 Å². The first-order valence-electron chi connectivity index (χ1n) is 5.06. The Bertz CT molecular complexity index is 336. The van der Waals surface area contributed by atoms with E-state index in [1.54, 1.807) is 19.2 Å². The average molecular weight is 291 g/mol. The predicted octanol–water partition coefficient (Wildman–Crippen LogP) is 1.82. The van der Waals surface area contributed by atoms with E-state index in [-0.39, 0.29) is 11.9 Å². The minimum Gasteiger partial charge on any atom is -0.383 e. The zero-order valence-corrected chi connectivity index (χ0v) is 10.8. The van der Waals surface area contributed by atoms with Crippen molar-refractivity contribution in [3.05, 3.63) is 34.1 Å². The van der Waals surface area contributed by atoms with Crippen LogP contribution in [-0.4, -0.2) is 26.8 Å². The summed E-state index contributed by atoms with van der Waals surface area (Å²) in [6.07, 6.45) is 0. The third-order valence-corrected chi connectivity index (χ3v) is 2.76. The van der Waals surface area contributed by atoms with E-state index in [4.69, 9.17) is 10.5 Å². The molecule has 5 heteroatoms. The van der Waals surface area contributed by atoms with Crippen molar-refractivity contribution in [2.24, 2.45) is 5.73 Å². The summed E-state index contributed by atoms with van der Waals surface area (Å²) in [5, 5.41) is 3.14. The Labute approximate surface area is 103 Å². The van der Waals surface area contributed by atoms with Gasteiger partial charge in [0.2, 0.25) is 0 Å². The number of hydrogen-bond acceptors (Lipinski definition) is 3. The Morgan fingerprint density at radius 2 is 2.31 bits per heavy atom. The number of rotatable bonds is 6. The van der Waals surface area contributed by atoms with Crippen LogP contribution in [0.15, 0.2) is 22.7 Å². The number of nitrogens with one attached hydrogen (secondary N) is 1. The average Bonchev–Trinajstić information content (AvgIpc) is 2.28. The van der Waals surface area contributed by atoms with Gasteiger partial charge in [-0.15, -0.1) is 0 Å². The molecule has 0 aliphatic rings. The molecule has 0 aliphatic carbocycles. The number of methoxy groups -OCH3 is 1. The summed E-state index contributed by atoms with van der Waals surface area (Å²) in [4.78, 5) is 0. The second kappa shape index (κ2) is 6.96. The Kier molecular flexibility index (Phi) is 5.90. The van der Waals surface area contributed by atoms with Crippen LogP contribution >= 0.6 is 15.9 Å². The van der Waals surface area contributed by atoms with Gasteiger partial charge in [-0.25, -0.2) is 4.39 Å². The Morgan fingerprint density at radius 3 is 2.94 bits per heavy atom. The minimum absolute atomic E-state index is 0.187. The molecule has 0 saturated heterocycles. The first kappa shape index (κ1) is 13.6. The lowest BCUT2D eigenvalue weighted by atomic mass is 10.1. The second-order valence-corrected chi connectivity index (χ2v) is 4.32. The Morgan fingerprint density at radius 1 is 1.56 bits per heavy atom. The molecule has 1 aromatic rings. The molecule has 90 valence electrons. The summed E-state index contributed by atoms with van der Waals surface area (Å²) in [5.41, 5.74) is 6.20. The first-order valence-corrected chi connectivity index (χ1v) is 5.85. The molecule has 0 saturated carbocycles. The van der Waals surface area contributed by atoms with Crippen molar-refractivity contribution in [2.75, 3.05) is 26.8 Å². The normalized spacial score (nSPS) is 12.8. The number of ether oxygens (including phenoxy) is 1. The molecule has 3 N–H and O–H groups in total. The fraction of sp³-hybridized carbons (Fsp3) is 0.455. The van der Waals surface area contributed by atoms with Gasteiger partial charge in [-0.1, -0.05) is 15.9 Å². The van der Waals surface area contributed by atoms with E-state index in [0.717, 1.165) is 4.47 Å². The lowest BCUT2D eigenvalue weighted by molar-refractivity contribution is 0.195. The molecule has 1 unspecified atom stereocenters. The summed E-state index contributed by atoms with van der Waals surface area (Å²) < 4.78 is 19.3. The molecule has 0 fully saturated rings. The number of hydrogen-bond donors (Lipinski definition) is 2. The van der Waals surface area contributed by atoms with Crippen LogP contribution in [0.1, 0.15) is 11.6 Å². The lowest BCUT2D eigenvalue weighted by Gasteiger charge is -2.18. The second-order valence-electron chi connectivity index (χ2n) is 3.40. The van der Waals surface area contributed by atoms with Crippen molar-refractivity contribution >= 4 is 15.9 Å². The molecule has 1 rings (SSSR count). The van der Waals surface area contributed by atoms with Gasteiger partial charge in [0.05, 0.1) is 6.61 Å². The molecular formula is C11H16BrFN2O. The minimum atomic E-state index is -0.247. The summed E-state index contributed by atoms with van der Waals surface area (Å²) in [7, 11) is 1.62. The third-order valence-electron chi connectivity index (χ3n) is 2.27. The van der Waals surface area contributed by atoms with Gasteiger partial charge >= 0.3 is 0 Å². The molecule has 0 heterocycles. The van der Waals surface area contributed by atoms with Crippen LogP contribution in [0.4, 0.5) is 4.39 Å². The highest BCUT2D eigenvalue weighted by Gasteiger charge is 2.13. The van der Waals surface area contributed by atoms with Gasteiger partial charge in [0, 0.05) is 36.3 Å². The van der Waals surface area contributed by atoms with Crippen molar-refractivity contribution in [3.63, 3.8) is 0 Å². The van der Waals surface area contributed by atoms with Crippen molar-refractivity contribution in [2.45, 2.75) is 6.04 Å². The Hall–Kier alpha value is -0.490. The maximum atomic E-state index is 13.6. The zero-order valence-electron chi connectivity index (χ0n) is 9.17. The molecule has 16 heavy (non-hydrogen) atoms. The van der Waals surface area contributed by atoms with Crippen LogP contribution < -0.4 is 11.1 Å². The van der Waals surface area contributed by atoms with Gasteiger partial charge in [-0.05, 0) is 18.2 Å². The summed E-state index contributed by atoms with van der Waals surface area (Å²) >= 11 is 3.32. The van der Waals surface area contributed by atoms with Crippen LogP contribution in [0.5, 0.6) is 0 Å². The van der Waals surface area contributed by atoms with E-state index in [0.29, 0.717) is 25.3 Å². The number of halogens is 2. The predicted molar refractivity (Wildman–Crippen MR) is 65.8 cm³/mol. The van der Waals surface area contributed by atoms with Gasteiger partial charge in [0.1, 0.15) is 5.82 Å². The van der Waals surface area contributed by atoms with E-state index in [9.17, 15) is 4.39 Å². The highest BCUT2D eigenvalue weighted by atomic mass is 79.9. The van der Waals surface area contributed by atoms with Gasteiger partial charge < -0.3 is 15.8 Å². The quantitative estimate of drug-likeness (QED) is 0.786. The molecule has 0 radical (unpaired) electrons. The van der Waals surface area contributed by atoms with E-state index in [1.807, 2.05) is 0 Å². The first-order chi connectivity index (χ1) is 7.69. The van der Waals surface area contributed by atoms with Crippen molar-refractivity contribution in [3.8, 4) is 0 Å². The van der Waals surface area contributed by atoms with E-state index in [2.05, 4.69) is 21.2 Å². The monoisotopic (exact) mass is 290 g/mol. The summed E-state index contributed by atoms with van der Waals surface area (Å²) in [6, 6.07) is 4.65. The van der Waals surface area contributed by atoms with Crippen LogP contribution in [0, 0.1) is 5.82 Å². The van der Waals surface area contributed by atoms with E-state index in [1.165, 1.54) is 6.07 Å². The molecular weight excluding hydrogens is 275 g/mol. The lowest BCUT2D eigenvalue weighted by Crippen LogP contribution is -2.31. The molecule has 0 spiro atoms. The van der Waals surface area contributed by atoms with Crippen LogP contribution in [-0.2, 0) is 4.74 Å². The maximum absolute atomic E-state index is 13.6. The van der Waals surface area contributed by atoms with Crippen molar-refractivity contribution in [1.82, 2.24) is 5.32 Å². The molecule has 3 nitrogen and oxygen atoms in total. The van der Waals surface area contributed by atoms with Gasteiger partial charge in [-0.2, -0.15) is 0 Å². The summed E-state index contributed by atoms with van der Waals surface area (Å²) in [5.74, 6) is -0.247. The fourth-order valence-electron chi connectivity index (χ4n) is 1.44. The number of benzene rings is 1. The highest BCUT2D eigenvalue weighted by molar-refractivity contribution is 9.10. The zero-order chi connectivity index (χ0) is 12.0. The summed E-state index contributed by atoms with van der Waals surface area (Å²) in [6.45, 7) is 1.56. The van der Waals surface area contributed by atoms with Gasteiger partial charge in [-0.3, -0.25) is 0 Å². The maximum Gasteiger partial charge on any atom is 0.128 e. The molecule has 0 aliphatic heterocycles. The van der Waals surface area contributed by atoms with Crippen LogP contribution in [0.25, 0.3) is 0 Å². The smallest absolute Gasteiger partial charge is 0.128 e. The highest BCUT2D eigenvalue weighted by Crippen LogP contribution is 2.21. The largest absolute Gasteiger partial charge is 0.383 e. The van der Waals surface area contributed by atoms with Gasteiger partial charge in [0.15, 0.2) is 0 Å². The molecule has 1 aromatic carbocycles.